The highest BCUT2D eigenvalue weighted by atomic mass is 16.2. The number of H-pyrrole nitrogens is 1. The largest absolute Gasteiger partial charge is 0.361 e. The van der Waals surface area contributed by atoms with Gasteiger partial charge in [0.05, 0.1) is 0 Å². The second kappa shape index (κ2) is 5.90. The second-order valence-electron chi connectivity index (χ2n) is 5.83. The van der Waals surface area contributed by atoms with Crippen LogP contribution in [0.1, 0.15) is 36.5 Å². The quantitative estimate of drug-likeness (QED) is 0.907. The molecule has 112 valence electrons. The van der Waals surface area contributed by atoms with Crippen LogP contribution in [0.25, 0.3) is 10.9 Å². The van der Waals surface area contributed by atoms with Gasteiger partial charge in [-0.05, 0) is 50.4 Å². The minimum absolute atomic E-state index is 0.132. The SMILES string of the molecule is CCN(C(=O)c1cccc2[nH]ccc12)C1CCCC1CN. The number of aromatic amines is 1. The van der Waals surface area contributed by atoms with E-state index < -0.39 is 0 Å². The van der Waals surface area contributed by atoms with Crippen molar-refractivity contribution >= 4 is 16.8 Å². The molecule has 1 fully saturated rings. The van der Waals surface area contributed by atoms with E-state index in [1.54, 1.807) is 0 Å². The van der Waals surface area contributed by atoms with Crippen LogP contribution in [0, 0.1) is 5.92 Å². The lowest BCUT2D eigenvalue weighted by Crippen LogP contribution is -2.44. The monoisotopic (exact) mass is 285 g/mol. The number of benzene rings is 1. The Hall–Kier alpha value is -1.81. The molecule has 2 aromatic rings. The lowest BCUT2D eigenvalue weighted by Gasteiger charge is -2.32. The summed E-state index contributed by atoms with van der Waals surface area (Å²) in [5.41, 5.74) is 7.69. The zero-order valence-corrected chi connectivity index (χ0v) is 12.5. The maximum Gasteiger partial charge on any atom is 0.254 e. The van der Waals surface area contributed by atoms with Crippen LogP contribution in [0.2, 0.25) is 0 Å². The maximum atomic E-state index is 13.0. The van der Waals surface area contributed by atoms with Gasteiger partial charge in [-0.25, -0.2) is 0 Å². The zero-order chi connectivity index (χ0) is 14.8. The third kappa shape index (κ3) is 2.44. The van der Waals surface area contributed by atoms with E-state index in [9.17, 15) is 4.79 Å². The second-order valence-corrected chi connectivity index (χ2v) is 5.83. The van der Waals surface area contributed by atoms with Gasteiger partial charge in [-0.15, -0.1) is 0 Å². The molecule has 0 saturated heterocycles. The maximum absolute atomic E-state index is 13.0. The van der Waals surface area contributed by atoms with Gasteiger partial charge in [0.25, 0.3) is 5.91 Å². The van der Waals surface area contributed by atoms with Gasteiger partial charge in [0.1, 0.15) is 0 Å². The van der Waals surface area contributed by atoms with Crippen LogP contribution in [0.15, 0.2) is 30.5 Å². The van der Waals surface area contributed by atoms with Gasteiger partial charge >= 0.3 is 0 Å². The molecule has 3 N–H and O–H groups in total. The summed E-state index contributed by atoms with van der Waals surface area (Å²) in [6, 6.07) is 8.14. The van der Waals surface area contributed by atoms with Crippen molar-refractivity contribution in [2.75, 3.05) is 13.1 Å². The minimum Gasteiger partial charge on any atom is -0.361 e. The van der Waals surface area contributed by atoms with Crippen molar-refractivity contribution in [3.05, 3.63) is 36.0 Å². The smallest absolute Gasteiger partial charge is 0.254 e. The van der Waals surface area contributed by atoms with Crippen molar-refractivity contribution in [2.45, 2.75) is 32.2 Å². The molecule has 1 aromatic carbocycles. The lowest BCUT2D eigenvalue weighted by molar-refractivity contribution is 0.0654. The van der Waals surface area contributed by atoms with Gasteiger partial charge in [-0.1, -0.05) is 12.5 Å². The Morgan fingerprint density at radius 3 is 3.00 bits per heavy atom. The topological polar surface area (TPSA) is 62.1 Å². The molecule has 4 nitrogen and oxygen atoms in total. The molecule has 3 rings (SSSR count). The number of hydrogen-bond acceptors (Lipinski definition) is 2. The van der Waals surface area contributed by atoms with E-state index in [-0.39, 0.29) is 5.91 Å². The van der Waals surface area contributed by atoms with Crippen LogP contribution in [0.5, 0.6) is 0 Å². The van der Waals surface area contributed by atoms with Crippen molar-refractivity contribution in [1.29, 1.82) is 0 Å². The Balaban J connectivity index is 1.93. The average Bonchev–Trinajstić information content (AvgIpc) is 3.16. The molecule has 0 spiro atoms. The summed E-state index contributed by atoms with van der Waals surface area (Å²) in [7, 11) is 0. The van der Waals surface area contributed by atoms with Crippen LogP contribution in [0.4, 0.5) is 0 Å². The standard InChI is InChI=1S/C17H23N3O/c1-2-20(16-8-3-5-12(16)11-18)17(21)14-6-4-7-15-13(14)9-10-19-15/h4,6-7,9-10,12,16,19H,2-3,5,8,11,18H2,1H3. The number of fused-ring (bicyclic) bond motifs is 1. The highest BCUT2D eigenvalue weighted by molar-refractivity contribution is 6.06. The molecule has 0 radical (unpaired) electrons. The molecule has 0 aliphatic heterocycles. The Morgan fingerprint density at radius 2 is 2.24 bits per heavy atom. The van der Waals surface area contributed by atoms with Crippen LogP contribution in [-0.4, -0.2) is 34.9 Å². The number of amides is 1. The Morgan fingerprint density at radius 1 is 1.38 bits per heavy atom. The van der Waals surface area contributed by atoms with Crippen LogP contribution in [-0.2, 0) is 0 Å². The number of hydrogen-bond donors (Lipinski definition) is 2. The lowest BCUT2D eigenvalue weighted by atomic mass is 10.0. The van der Waals surface area contributed by atoms with Crippen LogP contribution in [0.3, 0.4) is 0 Å². The summed E-state index contributed by atoms with van der Waals surface area (Å²) in [6.07, 6.45) is 5.27. The molecule has 2 unspecified atom stereocenters. The van der Waals surface area contributed by atoms with Crippen molar-refractivity contribution < 1.29 is 4.79 Å². The van der Waals surface area contributed by atoms with Crippen LogP contribution >= 0.6 is 0 Å². The molecule has 1 aromatic heterocycles. The predicted octanol–water partition coefficient (Wildman–Crippen LogP) is 2.76. The summed E-state index contributed by atoms with van der Waals surface area (Å²) in [4.78, 5) is 18.2. The van der Waals surface area contributed by atoms with Gasteiger partial charge in [0.2, 0.25) is 0 Å². The number of aromatic nitrogens is 1. The minimum atomic E-state index is 0.132. The molecule has 4 heteroatoms. The summed E-state index contributed by atoms with van der Waals surface area (Å²) >= 11 is 0. The Labute approximate surface area is 125 Å². The fourth-order valence-corrected chi connectivity index (χ4v) is 3.66. The van der Waals surface area contributed by atoms with Crippen molar-refractivity contribution in [1.82, 2.24) is 9.88 Å². The zero-order valence-electron chi connectivity index (χ0n) is 12.5. The first-order chi connectivity index (χ1) is 10.3. The Kier molecular flexibility index (Phi) is 3.97. The fourth-order valence-electron chi connectivity index (χ4n) is 3.66. The molecular formula is C17H23N3O. The summed E-state index contributed by atoms with van der Waals surface area (Å²) in [5, 5.41) is 1.00. The van der Waals surface area contributed by atoms with Gasteiger partial charge in [0.15, 0.2) is 0 Å². The number of nitrogens with two attached hydrogens (primary N) is 1. The van der Waals surface area contributed by atoms with Gasteiger partial charge in [-0.2, -0.15) is 0 Å². The predicted molar refractivity (Wildman–Crippen MR) is 85.2 cm³/mol. The van der Waals surface area contributed by atoms with Gasteiger partial charge in [-0.3, -0.25) is 4.79 Å². The number of carbonyl (C=O) groups excluding carboxylic acids is 1. The van der Waals surface area contributed by atoms with E-state index in [1.165, 1.54) is 6.42 Å². The first-order valence-electron chi connectivity index (χ1n) is 7.83. The molecule has 21 heavy (non-hydrogen) atoms. The molecule has 1 saturated carbocycles. The molecule has 1 aliphatic carbocycles. The number of nitrogens with one attached hydrogen (secondary N) is 1. The number of carbonyl (C=O) groups is 1. The molecule has 2 atom stereocenters. The Bertz CT molecular complexity index is 634. The summed E-state index contributed by atoms with van der Waals surface area (Å²) in [5.74, 6) is 0.576. The van der Waals surface area contributed by atoms with E-state index in [1.807, 2.05) is 35.4 Å². The number of rotatable bonds is 4. The first kappa shape index (κ1) is 14.1. The van der Waals surface area contributed by atoms with Crippen molar-refractivity contribution in [3.63, 3.8) is 0 Å². The summed E-state index contributed by atoms with van der Waals surface area (Å²) in [6.45, 7) is 3.46. The number of nitrogens with zero attached hydrogens (tertiary/aromatic N) is 1. The molecular weight excluding hydrogens is 262 g/mol. The van der Waals surface area contributed by atoms with E-state index in [4.69, 9.17) is 5.73 Å². The van der Waals surface area contributed by atoms with E-state index in [0.29, 0.717) is 18.5 Å². The normalized spacial score (nSPS) is 21.8. The highest BCUT2D eigenvalue weighted by Gasteiger charge is 2.33. The molecule has 1 heterocycles. The molecule has 0 bridgehead atoms. The van der Waals surface area contributed by atoms with Crippen molar-refractivity contribution in [3.8, 4) is 0 Å². The van der Waals surface area contributed by atoms with Gasteiger partial charge in [0, 0.05) is 35.2 Å². The first-order valence-corrected chi connectivity index (χ1v) is 7.83. The fraction of sp³-hybridized carbons (Fsp3) is 0.471. The van der Waals surface area contributed by atoms with E-state index in [2.05, 4.69) is 11.9 Å². The molecule has 1 amide bonds. The average molecular weight is 285 g/mol. The molecule has 1 aliphatic rings. The highest BCUT2D eigenvalue weighted by Crippen LogP contribution is 2.31. The van der Waals surface area contributed by atoms with Crippen molar-refractivity contribution in [2.24, 2.45) is 11.7 Å². The van der Waals surface area contributed by atoms with Gasteiger partial charge < -0.3 is 15.6 Å². The summed E-state index contributed by atoms with van der Waals surface area (Å²) < 4.78 is 0. The van der Waals surface area contributed by atoms with E-state index >= 15 is 0 Å². The third-order valence-electron chi connectivity index (χ3n) is 4.75. The third-order valence-corrected chi connectivity index (χ3v) is 4.75. The van der Waals surface area contributed by atoms with E-state index in [0.717, 1.165) is 35.9 Å². The van der Waals surface area contributed by atoms with Crippen LogP contribution < -0.4 is 5.73 Å².